The first kappa shape index (κ1) is 15.0. The number of hydrogen-bond donors (Lipinski definition) is 1. The van der Waals surface area contributed by atoms with Gasteiger partial charge >= 0.3 is 6.18 Å². The third-order valence-electron chi connectivity index (χ3n) is 2.12. The highest BCUT2D eigenvalue weighted by Crippen LogP contribution is 2.32. The van der Waals surface area contributed by atoms with E-state index in [0.717, 1.165) is 12.3 Å². The highest BCUT2D eigenvalue weighted by molar-refractivity contribution is 6.32. The Hall–Kier alpha value is -1.01. The molecule has 1 atom stereocenters. The van der Waals surface area contributed by atoms with Crippen molar-refractivity contribution in [3.63, 3.8) is 0 Å². The second-order valence-corrected chi connectivity index (χ2v) is 4.16. The van der Waals surface area contributed by atoms with Gasteiger partial charge in [-0.05, 0) is 19.9 Å². The van der Waals surface area contributed by atoms with Crippen LogP contribution < -0.4 is 5.32 Å². The van der Waals surface area contributed by atoms with E-state index in [1.165, 1.54) is 0 Å². The van der Waals surface area contributed by atoms with Gasteiger partial charge in [-0.2, -0.15) is 13.2 Å². The van der Waals surface area contributed by atoms with Gasteiger partial charge in [-0.3, -0.25) is 0 Å². The zero-order valence-corrected chi connectivity index (χ0v) is 10.8. The average molecular weight is 283 g/mol. The molecule has 1 aromatic rings. The predicted octanol–water partition coefficient (Wildman–Crippen LogP) is 3.59. The number of nitrogens with one attached hydrogen (secondary N) is 1. The number of nitrogens with zero attached hydrogens (tertiary/aromatic N) is 1. The molecule has 1 heterocycles. The maximum atomic E-state index is 12.4. The summed E-state index contributed by atoms with van der Waals surface area (Å²) in [5.74, 6) is 0.219. The van der Waals surface area contributed by atoms with Crippen molar-refractivity contribution < 1.29 is 17.9 Å². The van der Waals surface area contributed by atoms with Crippen LogP contribution in [0.1, 0.15) is 19.4 Å². The van der Waals surface area contributed by atoms with Gasteiger partial charge in [0.25, 0.3) is 0 Å². The second-order valence-electron chi connectivity index (χ2n) is 3.76. The monoisotopic (exact) mass is 282 g/mol. The quantitative estimate of drug-likeness (QED) is 0.896. The Morgan fingerprint density at radius 2 is 2.17 bits per heavy atom. The first-order valence-electron chi connectivity index (χ1n) is 5.41. The molecule has 1 rings (SSSR count). The number of halogens is 4. The summed E-state index contributed by atoms with van der Waals surface area (Å²) in [7, 11) is 0. The summed E-state index contributed by atoms with van der Waals surface area (Å²) in [6, 6.07) is 0.760. The first-order valence-corrected chi connectivity index (χ1v) is 5.79. The maximum Gasteiger partial charge on any atom is 0.417 e. The smallest absolute Gasteiger partial charge is 0.380 e. The van der Waals surface area contributed by atoms with Crippen molar-refractivity contribution in [3.05, 3.63) is 22.8 Å². The van der Waals surface area contributed by atoms with Crippen molar-refractivity contribution >= 4 is 17.4 Å². The zero-order chi connectivity index (χ0) is 13.8. The van der Waals surface area contributed by atoms with Crippen molar-refractivity contribution in [2.24, 2.45) is 0 Å². The molecule has 1 N–H and O–H groups in total. The van der Waals surface area contributed by atoms with Gasteiger partial charge in [0, 0.05) is 18.8 Å². The Labute approximate surface area is 108 Å². The van der Waals surface area contributed by atoms with Crippen LogP contribution in [0.3, 0.4) is 0 Å². The molecule has 0 amide bonds. The van der Waals surface area contributed by atoms with Crippen molar-refractivity contribution in [2.45, 2.75) is 26.1 Å². The van der Waals surface area contributed by atoms with Crippen LogP contribution in [0.4, 0.5) is 19.0 Å². The number of hydrogen-bond acceptors (Lipinski definition) is 3. The molecule has 0 saturated heterocycles. The molecule has 0 aliphatic heterocycles. The van der Waals surface area contributed by atoms with Crippen LogP contribution in [0.15, 0.2) is 12.3 Å². The fraction of sp³-hybridized carbons (Fsp3) is 0.545. The molecule has 1 aromatic heterocycles. The van der Waals surface area contributed by atoms with E-state index in [4.69, 9.17) is 16.3 Å². The second kappa shape index (κ2) is 6.24. The van der Waals surface area contributed by atoms with Crippen molar-refractivity contribution in [2.75, 3.05) is 18.5 Å². The summed E-state index contributed by atoms with van der Waals surface area (Å²) >= 11 is 5.75. The van der Waals surface area contributed by atoms with Crippen LogP contribution in [0.25, 0.3) is 0 Å². The fourth-order valence-corrected chi connectivity index (χ4v) is 1.49. The van der Waals surface area contributed by atoms with Gasteiger partial charge in [0.1, 0.15) is 5.82 Å². The summed E-state index contributed by atoms with van der Waals surface area (Å²) in [5.41, 5.74) is -0.865. The van der Waals surface area contributed by atoms with Crippen LogP contribution in [0.5, 0.6) is 0 Å². The summed E-state index contributed by atoms with van der Waals surface area (Å²) in [6.45, 7) is 4.68. The molecule has 0 aliphatic carbocycles. The lowest BCUT2D eigenvalue weighted by Gasteiger charge is -2.16. The minimum Gasteiger partial charge on any atom is -0.380 e. The van der Waals surface area contributed by atoms with Gasteiger partial charge in [-0.1, -0.05) is 11.6 Å². The lowest BCUT2D eigenvalue weighted by atomic mass is 10.2. The van der Waals surface area contributed by atoms with E-state index in [1.54, 1.807) is 0 Å². The molecule has 18 heavy (non-hydrogen) atoms. The van der Waals surface area contributed by atoms with Crippen LogP contribution in [0.2, 0.25) is 5.02 Å². The summed E-state index contributed by atoms with van der Waals surface area (Å²) in [4.78, 5) is 3.67. The molecule has 0 aromatic carbocycles. The van der Waals surface area contributed by atoms with E-state index in [-0.39, 0.29) is 16.9 Å². The predicted molar refractivity (Wildman–Crippen MR) is 63.8 cm³/mol. The average Bonchev–Trinajstić information content (AvgIpc) is 2.27. The number of aromatic nitrogens is 1. The third kappa shape index (κ3) is 4.34. The minimum absolute atomic E-state index is 0.0619. The normalized spacial score (nSPS) is 13.4. The van der Waals surface area contributed by atoms with Crippen LogP contribution in [0, 0.1) is 0 Å². The number of rotatable bonds is 5. The molecule has 0 bridgehead atoms. The van der Waals surface area contributed by atoms with Crippen LogP contribution in [-0.4, -0.2) is 24.2 Å². The van der Waals surface area contributed by atoms with E-state index in [9.17, 15) is 13.2 Å². The Bertz CT molecular complexity index is 398. The van der Waals surface area contributed by atoms with Gasteiger partial charge in [-0.15, -0.1) is 0 Å². The fourth-order valence-electron chi connectivity index (χ4n) is 1.27. The molecule has 3 nitrogen and oxygen atoms in total. The van der Waals surface area contributed by atoms with Crippen molar-refractivity contribution in [3.8, 4) is 0 Å². The lowest BCUT2D eigenvalue weighted by molar-refractivity contribution is -0.137. The van der Waals surface area contributed by atoms with E-state index >= 15 is 0 Å². The number of anilines is 1. The molecule has 7 heteroatoms. The number of alkyl halides is 3. The van der Waals surface area contributed by atoms with E-state index in [2.05, 4.69) is 10.3 Å². The summed E-state index contributed by atoms with van der Waals surface area (Å²) in [6.07, 6.45) is -3.69. The Kier molecular flexibility index (Phi) is 5.22. The number of ether oxygens (including phenoxy) is 1. The molecule has 0 saturated carbocycles. The van der Waals surface area contributed by atoms with E-state index < -0.39 is 11.7 Å². The van der Waals surface area contributed by atoms with Gasteiger partial charge in [0.2, 0.25) is 0 Å². The summed E-state index contributed by atoms with van der Waals surface area (Å²) in [5, 5.41) is 2.83. The van der Waals surface area contributed by atoms with Crippen molar-refractivity contribution in [1.29, 1.82) is 0 Å². The molecular weight excluding hydrogens is 269 g/mol. The highest BCUT2D eigenvalue weighted by atomic mass is 35.5. The van der Waals surface area contributed by atoms with E-state index in [1.807, 2.05) is 13.8 Å². The molecule has 0 radical (unpaired) electrons. The minimum atomic E-state index is -4.44. The lowest BCUT2D eigenvalue weighted by Crippen LogP contribution is -2.22. The molecule has 0 fully saturated rings. The molecule has 102 valence electrons. The topological polar surface area (TPSA) is 34.1 Å². The SMILES string of the molecule is CCOCC(C)Nc1ncc(C(F)(F)F)cc1Cl. The molecule has 1 unspecified atom stereocenters. The van der Waals surface area contributed by atoms with Gasteiger partial charge in [0.15, 0.2) is 0 Å². The molecule has 0 aliphatic rings. The van der Waals surface area contributed by atoms with Gasteiger partial charge < -0.3 is 10.1 Å². The Morgan fingerprint density at radius 1 is 1.50 bits per heavy atom. The van der Waals surface area contributed by atoms with Gasteiger partial charge in [0.05, 0.1) is 17.2 Å². The molecular formula is C11H14ClF3N2O. The maximum absolute atomic E-state index is 12.4. The first-order chi connectivity index (χ1) is 8.34. The molecule has 0 spiro atoms. The Balaban J connectivity index is 2.74. The zero-order valence-electron chi connectivity index (χ0n) is 10.0. The standard InChI is InChI=1S/C11H14ClF3N2O/c1-3-18-6-7(2)17-10-9(12)4-8(5-16-10)11(13,14)15/h4-5,7H,3,6H2,1-2H3,(H,16,17). The Morgan fingerprint density at radius 3 is 2.67 bits per heavy atom. The van der Waals surface area contributed by atoms with Crippen molar-refractivity contribution in [1.82, 2.24) is 4.98 Å². The van der Waals surface area contributed by atoms with Gasteiger partial charge in [-0.25, -0.2) is 4.98 Å². The largest absolute Gasteiger partial charge is 0.417 e. The number of pyridine rings is 1. The van der Waals surface area contributed by atoms with E-state index in [0.29, 0.717) is 13.2 Å². The summed E-state index contributed by atoms with van der Waals surface area (Å²) < 4.78 is 42.3. The van der Waals surface area contributed by atoms with Crippen LogP contribution >= 0.6 is 11.6 Å². The van der Waals surface area contributed by atoms with Crippen LogP contribution in [-0.2, 0) is 10.9 Å². The highest BCUT2D eigenvalue weighted by Gasteiger charge is 2.31. The third-order valence-corrected chi connectivity index (χ3v) is 2.41.